The Kier molecular flexibility index (Phi) is 5.45. The fraction of sp³-hybridized carbons (Fsp3) is 0.500. The Labute approximate surface area is 123 Å². The molecule has 0 aliphatic heterocycles. The minimum Gasteiger partial charge on any atom is -0.360 e. The molecule has 4 heteroatoms. The normalized spacial score (nSPS) is 16.3. The molecule has 1 aromatic rings. The molecule has 1 aromatic carbocycles. The maximum absolute atomic E-state index is 5.33. The number of hydrogen-bond acceptors (Lipinski definition) is 1. The van der Waals surface area contributed by atoms with Gasteiger partial charge in [-0.05, 0) is 42.8 Å². The first kappa shape index (κ1) is 13.8. The smallest absolute Gasteiger partial charge is 0.166 e. The summed E-state index contributed by atoms with van der Waals surface area (Å²) in [5.74, 6) is 0. The lowest BCUT2D eigenvalue weighted by Gasteiger charge is -2.24. The van der Waals surface area contributed by atoms with Gasteiger partial charge in [-0.1, -0.05) is 47.3 Å². The first-order valence-electron chi connectivity index (χ1n) is 6.53. The van der Waals surface area contributed by atoms with E-state index >= 15 is 0 Å². The van der Waals surface area contributed by atoms with Crippen LogP contribution < -0.4 is 10.6 Å². The summed E-state index contributed by atoms with van der Waals surface area (Å²) >= 11 is 8.76. The van der Waals surface area contributed by atoms with Crippen molar-refractivity contribution in [1.82, 2.24) is 10.6 Å². The third-order valence-electron chi connectivity index (χ3n) is 3.31. The molecule has 0 aromatic heterocycles. The van der Waals surface area contributed by atoms with Crippen molar-refractivity contribution in [2.24, 2.45) is 0 Å². The lowest BCUT2D eigenvalue weighted by molar-refractivity contribution is 0.412. The molecule has 1 aliphatic carbocycles. The largest absolute Gasteiger partial charge is 0.360 e. The SMILES string of the molecule is S=C(NCc1ccc(Br)cc1)NC1CCCCC1. The molecule has 18 heavy (non-hydrogen) atoms. The fourth-order valence-corrected chi connectivity index (χ4v) is 2.77. The summed E-state index contributed by atoms with van der Waals surface area (Å²) in [6.45, 7) is 0.784. The van der Waals surface area contributed by atoms with Crippen LogP contribution in [0.2, 0.25) is 0 Å². The predicted molar refractivity (Wildman–Crippen MR) is 83.6 cm³/mol. The minimum atomic E-state index is 0.573. The molecule has 1 fully saturated rings. The van der Waals surface area contributed by atoms with Crippen molar-refractivity contribution < 1.29 is 0 Å². The molecule has 1 saturated carbocycles. The Bertz CT molecular complexity index is 385. The first-order valence-corrected chi connectivity index (χ1v) is 7.73. The van der Waals surface area contributed by atoms with Gasteiger partial charge in [-0.3, -0.25) is 0 Å². The van der Waals surface area contributed by atoms with Gasteiger partial charge in [-0.15, -0.1) is 0 Å². The molecule has 2 rings (SSSR count). The zero-order valence-corrected chi connectivity index (χ0v) is 12.8. The molecule has 0 bridgehead atoms. The van der Waals surface area contributed by atoms with Gasteiger partial charge in [0, 0.05) is 17.1 Å². The highest BCUT2D eigenvalue weighted by Gasteiger charge is 2.13. The molecule has 1 aliphatic rings. The van der Waals surface area contributed by atoms with Crippen molar-refractivity contribution in [3.8, 4) is 0 Å². The Morgan fingerprint density at radius 1 is 1.17 bits per heavy atom. The van der Waals surface area contributed by atoms with Crippen LogP contribution in [0.15, 0.2) is 28.7 Å². The van der Waals surface area contributed by atoms with Gasteiger partial charge in [0.1, 0.15) is 0 Å². The number of benzene rings is 1. The number of rotatable bonds is 3. The highest BCUT2D eigenvalue weighted by atomic mass is 79.9. The van der Waals surface area contributed by atoms with Crippen molar-refractivity contribution in [2.75, 3.05) is 0 Å². The molecule has 2 N–H and O–H groups in total. The van der Waals surface area contributed by atoms with Crippen LogP contribution in [0.25, 0.3) is 0 Å². The van der Waals surface area contributed by atoms with E-state index in [4.69, 9.17) is 12.2 Å². The Hall–Kier alpha value is -0.610. The van der Waals surface area contributed by atoms with E-state index in [9.17, 15) is 0 Å². The predicted octanol–water partition coefficient (Wildman–Crippen LogP) is 3.75. The zero-order chi connectivity index (χ0) is 12.8. The van der Waals surface area contributed by atoms with Gasteiger partial charge in [-0.25, -0.2) is 0 Å². The van der Waals surface area contributed by atoms with E-state index < -0.39 is 0 Å². The first-order chi connectivity index (χ1) is 8.74. The molecule has 0 unspecified atom stereocenters. The second-order valence-corrected chi connectivity index (χ2v) is 6.11. The van der Waals surface area contributed by atoms with Gasteiger partial charge in [0.15, 0.2) is 5.11 Å². The molecule has 2 nitrogen and oxygen atoms in total. The van der Waals surface area contributed by atoms with E-state index in [0.29, 0.717) is 6.04 Å². The summed E-state index contributed by atoms with van der Waals surface area (Å²) in [5.41, 5.74) is 1.24. The van der Waals surface area contributed by atoms with Crippen LogP contribution in [0.4, 0.5) is 0 Å². The molecule has 0 radical (unpaired) electrons. The average Bonchev–Trinajstić information content (AvgIpc) is 2.39. The van der Waals surface area contributed by atoms with E-state index in [2.05, 4.69) is 50.8 Å². The van der Waals surface area contributed by atoms with Gasteiger partial charge in [0.25, 0.3) is 0 Å². The summed E-state index contributed by atoms with van der Waals surface area (Å²) in [4.78, 5) is 0. The molecule has 0 amide bonds. The van der Waals surface area contributed by atoms with E-state index in [0.717, 1.165) is 16.1 Å². The fourth-order valence-electron chi connectivity index (χ4n) is 2.27. The Morgan fingerprint density at radius 2 is 1.83 bits per heavy atom. The Balaban J connectivity index is 1.72. The van der Waals surface area contributed by atoms with E-state index in [1.807, 2.05) is 0 Å². The monoisotopic (exact) mass is 326 g/mol. The van der Waals surface area contributed by atoms with Crippen molar-refractivity contribution in [1.29, 1.82) is 0 Å². The molecule has 0 atom stereocenters. The number of nitrogens with one attached hydrogen (secondary N) is 2. The molecular weight excluding hydrogens is 308 g/mol. The van der Waals surface area contributed by atoms with Gasteiger partial charge < -0.3 is 10.6 Å². The van der Waals surface area contributed by atoms with Crippen molar-refractivity contribution in [3.63, 3.8) is 0 Å². The summed E-state index contributed by atoms with van der Waals surface area (Å²) in [7, 11) is 0. The number of thiocarbonyl (C=S) groups is 1. The topological polar surface area (TPSA) is 24.1 Å². The summed E-state index contributed by atoms with van der Waals surface area (Å²) in [6, 6.07) is 8.87. The van der Waals surface area contributed by atoms with Crippen LogP contribution in [0.5, 0.6) is 0 Å². The maximum Gasteiger partial charge on any atom is 0.166 e. The molecule has 0 heterocycles. The van der Waals surface area contributed by atoms with Crippen molar-refractivity contribution in [3.05, 3.63) is 34.3 Å². The molecule has 0 spiro atoms. The third-order valence-corrected chi connectivity index (χ3v) is 4.10. The van der Waals surface area contributed by atoms with Gasteiger partial charge in [0.05, 0.1) is 0 Å². The lowest BCUT2D eigenvalue weighted by Crippen LogP contribution is -2.42. The highest BCUT2D eigenvalue weighted by molar-refractivity contribution is 9.10. The summed E-state index contributed by atoms with van der Waals surface area (Å²) in [6.07, 6.45) is 6.53. The van der Waals surface area contributed by atoms with Crippen molar-refractivity contribution in [2.45, 2.75) is 44.7 Å². The summed E-state index contributed by atoms with van der Waals surface area (Å²) in [5, 5.41) is 7.46. The average molecular weight is 327 g/mol. The van der Waals surface area contributed by atoms with Crippen LogP contribution >= 0.6 is 28.1 Å². The van der Waals surface area contributed by atoms with Crippen LogP contribution in [0.1, 0.15) is 37.7 Å². The lowest BCUT2D eigenvalue weighted by atomic mass is 9.96. The van der Waals surface area contributed by atoms with Crippen LogP contribution in [0, 0.1) is 0 Å². The zero-order valence-electron chi connectivity index (χ0n) is 10.4. The van der Waals surface area contributed by atoms with Crippen molar-refractivity contribution >= 4 is 33.3 Å². The number of halogens is 1. The molecule has 0 saturated heterocycles. The highest BCUT2D eigenvalue weighted by Crippen LogP contribution is 2.17. The minimum absolute atomic E-state index is 0.573. The second kappa shape index (κ2) is 7.10. The van der Waals surface area contributed by atoms with E-state index in [-0.39, 0.29) is 0 Å². The third kappa shape index (κ3) is 4.58. The molecule has 98 valence electrons. The van der Waals surface area contributed by atoms with Crippen LogP contribution in [0.3, 0.4) is 0 Å². The van der Waals surface area contributed by atoms with Gasteiger partial charge in [0.2, 0.25) is 0 Å². The van der Waals surface area contributed by atoms with Gasteiger partial charge in [-0.2, -0.15) is 0 Å². The maximum atomic E-state index is 5.33. The van der Waals surface area contributed by atoms with E-state index in [1.54, 1.807) is 0 Å². The Morgan fingerprint density at radius 3 is 2.50 bits per heavy atom. The second-order valence-electron chi connectivity index (χ2n) is 4.79. The standard InChI is InChI=1S/C14H19BrN2S/c15-12-8-6-11(7-9-12)10-16-14(18)17-13-4-2-1-3-5-13/h6-9,13H,1-5,10H2,(H2,16,17,18). The van der Waals surface area contributed by atoms with Gasteiger partial charge >= 0.3 is 0 Å². The molecular formula is C14H19BrN2S. The van der Waals surface area contributed by atoms with E-state index in [1.165, 1.54) is 37.7 Å². The number of hydrogen-bond donors (Lipinski definition) is 2. The quantitative estimate of drug-likeness (QED) is 0.827. The van der Waals surface area contributed by atoms with Crippen LogP contribution in [-0.4, -0.2) is 11.2 Å². The summed E-state index contributed by atoms with van der Waals surface area (Å²) < 4.78 is 1.11. The van der Waals surface area contributed by atoms with Crippen LogP contribution in [-0.2, 0) is 6.54 Å².